The van der Waals surface area contributed by atoms with Gasteiger partial charge in [0.2, 0.25) is 11.8 Å². The van der Waals surface area contributed by atoms with E-state index in [4.69, 9.17) is 0 Å². The largest absolute Gasteiger partial charge is 0.274 e. The van der Waals surface area contributed by atoms with Crippen molar-refractivity contribution >= 4 is 17.5 Å². The van der Waals surface area contributed by atoms with E-state index in [-0.39, 0.29) is 11.8 Å². The van der Waals surface area contributed by atoms with Crippen LogP contribution in [0.5, 0.6) is 0 Å². The lowest BCUT2D eigenvalue weighted by Crippen LogP contribution is -2.38. The number of benzene rings is 1. The Hall–Kier alpha value is -1.64. The molecule has 0 spiro atoms. The third kappa shape index (κ3) is 1.19. The first-order valence-electron chi connectivity index (χ1n) is 4.91. The fourth-order valence-corrected chi connectivity index (χ4v) is 2.01. The van der Waals surface area contributed by atoms with E-state index in [0.29, 0.717) is 0 Å². The molecule has 0 saturated heterocycles. The Labute approximate surface area is 88.7 Å². The topological polar surface area (TPSA) is 37.4 Å². The zero-order valence-electron chi connectivity index (χ0n) is 9.07. The second kappa shape index (κ2) is 2.92. The molecule has 1 aliphatic rings. The molecule has 0 unspecified atom stereocenters. The second-order valence-corrected chi connectivity index (χ2v) is 4.30. The number of hydrogen-bond donors (Lipinski definition) is 0. The Kier molecular flexibility index (Phi) is 1.93. The molecule has 15 heavy (non-hydrogen) atoms. The number of nitrogens with zero attached hydrogens (tertiary/aromatic N) is 1. The molecular formula is C12H13NO2. The summed E-state index contributed by atoms with van der Waals surface area (Å²) in [4.78, 5) is 24.7. The first-order chi connectivity index (χ1) is 6.96. The standard InChI is InChI=1S/C12H13NO2/c1-8(14)13-10-7-5-4-6-9(10)12(2,3)11(13)15/h4-7H,1-3H3. The van der Waals surface area contributed by atoms with E-state index >= 15 is 0 Å². The molecule has 1 aliphatic heterocycles. The number of fused-ring (bicyclic) bond motifs is 1. The molecule has 0 N–H and O–H groups in total. The van der Waals surface area contributed by atoms with Gasteiger partial charge in [-0.3, -0.25) is 9.59 Å². The van der Waals surface area contributed by atoms with Crippen LogP contribution in [0.2, 0.25) is 0 Å². The van der Waals surface area contributed by atoms with Crippen molar-refractivity contribution in [3.63, 3.8) is 0 Å². The average molecular weight is 203 g/mol. The summed E-state index contributed by atoms with van der Waals surface area (Å²) in [5.74, 6) is -0.366. The minimum Gasteiger partial charge on any atom is -0.274 e. The summed E-state index contributed by atoms with van der Waals surface area (Å²) in [6, 6.07) is 7.43. The molecule has 2 amide bonds. The van der Waals surface area contributed by atoms with Crippen LogP contribution in [0.4, 0.5) is 5.69 Å². The van der Waals surface area contributed by atoms with Crippen molar-refractivity contribution in [3.05, 3.63) is 29.8 Å². The maximum Gasteiger partial charge on any atom is 0.243 e. The smallest absolute Gasteiger partial charge is 0.243 e. The highest BCUT2D eigenvalue weighted by Gasteiger charge is 2.45. The highest BCUT2D eigenvalue weighted by molar-refractivity contribution is 6.21. The van der Waals surface area contributed by atoms with Gasteiger partial charge in [0.1, 0.15) is 0 Å². The van der Waals surface area contributed by atoms with Crippen LogP contribution in [-0.4, -0.2) is 11.8 Å². The molecule has 2 rings (SSSR count). The van der Waals surface area contributed by atoms with E-state index in [1.54, 1.807) is 0 Å². The van der Waals surface area contributed by atoms with Gasteiger partial charge in [-0.2, -0.15) is 0 Å². The van der Waals surface area contributed by atoms with Crippen molar-refractivity contribution in [2.24, 2.45) is 0 Å². The van der Waals surface area contributed by atoms with Crippen LogP contribution < -0.4 is 4.90 Å². The van der Waals surface area contributed by atoms with Crippen molar-refractivity contribution in [3.8, 4) is 0 Å². The minimum absolute atomic E-state index is 0.142. The number of hydrogen-bond acceptors (Lipinski definition) is 2. The van der Waals surface area contributed by atoms with Gasteiger partial charge < -0.3 is 0 Å². The van der Waals surface area contributed by atoms with Crippen molar-refractivity contribution in [1.29, 1.82) is 0 Å². The lowest BCUT2D eigenvalue weighted by molar-refractivity contribution is -0.127. The van der Waals surface area contributed by atoms with Crippen molar-refractivity contribution in [2.75, 3.05) is 4.90 Å². The monoisotopic (exact) mass is 203 g/mol. The van der Waals surface area contributed by atoms with E-state index in [2.05, 4.69) is 0 Å². The summed E-state index contributed by atoms with van der Waals surface area (Å²) in [7, 11) is 0. The van der Waals surface area contributed by atoms with E-state index < -0.39 is 5.41 Å². The zero-order valence-corrected chi connectivity index (χ0v) is 9.07. The molecule has 1 heterocycles. The molecule has 3 heteroatoms. The van der Waals surface area contributed by atoms with Crippen LogP contribution in [-0.2, 0) is 15.0 Å². The Balaban J connectivity index is 2.67. The maximum absolute atomic E-state index is 12.0. The van der Waals surface area contributed by atoms with Crippen LogP contribution in [0.3, 0.4) is 0 Å². The molecule has 0 radical (unpaired) electrons. The lowest BCUT2D eigenvalue weighted by Gasteiger charge is -2.17. The minimum atomic E-state index is -0.595. The Morgan fingerprint density at radius 3 is 2.47 bits per heavy atom. The first-order valence-corrected chi connectivity index (χ1v) is 4.91. The highest BCUT2D eigenvalue weighted by atomic mass is 16.2. The molecule has 0 aliphatic carbocycles. The van der Waals surface area contributed by atoms with Crippen molar-refractivity contribution in [1.82, 2.24) is 0 Å². The van der Waals surface area contributed by atoms with Crippen LogP contribution in [0.25, 0.3) is 0 Å². The molecule has 1 aromatic rings. The summed E-state index contributed by atoms with van der Waals surface area (Å²) in [6.07, 6.45) is 0. The summed E-state index contributed by atoms with van der Waals surface area (Å²) in [5, 5.41) is 0. The third-order valence-corrected chi connectivity index (χ3v) is 2.87. The number of rotatable bonds is 0. The van der Waals surface area contributed by atoms with Gasteiger partial charge in [0, 0.05) is 6.92 Å². The number of amides is 2. The average Bonchev–Trinajstić information content (AvgIpc) is 2.36. The van der Waals surface area contributed by atoms with Gasteiger partial charge in [0.05, 0.1) is 11.1 Å². The van der Waals surface area contributed by atoms with Crippen molar-refractivity contribution < 1.29 is 9.59 Å². The summed E-state index contributed by atoms with van der Waals surface area (Å²) in [6.45, 7) is 5.10. The molecule has 78 valence electrons. The van der Waals surface area contributed by atoms with E-state index in [9.17, 15) is 9.59 Å². The van der Waals surface area contributed by atoms with E-state index in [0.717, 1.165) is 11.3 Å². The predicted molar refractivity (Wildman–Crippen MR) is 57.6 cm³/mol. The fraction of sp³-hybridized carbons (Fsp3) is 0.333. The zero-order chi connectivity index (χ0) is 11.2. The van der Waals surface area contributed by atoms with Gasteiger partial charge in [0.25, 0.3) is 0 Å². The van der Waals surface area contributed by atoms with Gasteiger partial charge >= 0.3 is 0 Å². The van der Waals surface area contributed by atoms with Gasteiger partial charge in [0.15, 0.2) is 0 Å². The fourth-order valence-electron chi connectivity index (χ4n) is 2.01. The molecule has 1 aromatic carbocycles. The maximum atomic E-state index is 12.0. The Bertz CT molecular complexity index is 449. The van der Waals surface area contributed by atoms with Crippen LogP contribution in [0.1, 0.15) is 26.3 Å². The van der Waals surface area contributed by atoms with Crippen molar-refractivity contribution in [2.45, 2.75) is 26.2 Å². The Morgan fingerprint density at radius 1 is 1.27 bits per heavy atom. The van der Waals surface area contributed by atoms with Crippen LogP contribution in [0.15, 0.2) is 24.3 Å². The van der Waals surface area contributed by atoms with Gasteiger partial charge in [-0.15, -0.1) is 0 Å². The quantitative estimate of drug-likeness (QED) is 0.645. The molecule has 0 aromatic heterocycles. The second-order valence-electron chi connectivity index (χ2n) is 4.30. The number of imide groups is 1. The number of anilines is 1. The number of carbonyl (C=O) groups excluding carboxylic acids is 2. The molecule has 0 fully saturated rings. The highest BCUT2D eigenvalue weighted by Crippen LogP contribution is 2.41. The van der Waals surface area contributed by atoms with Gasteiger partial charge in [-0.1, -0.05) is 18.2 Å². The van der Waals surface area contributed by atoms with E-state index in [1.165, 1.54) is 11.8 Å². The molecule has 3 nitrogen and oxygen atoms in total. The Morgan fingerprint density at radius 2 is 1.87 bits per heavy atom. The first kappa shape index (κ1) is 9.90. The summed E-state index contributed by atoms with van der Waals surface area (Å²) >= 11 is 0. The SMILES string of the molecule is CC(=O)N1C(=O)C(C)(C)c2ccccc21. The molecule has 0 bridgehead atoms. The van der Waals surface area contributed by atoms with Crippen LogP contribution in [0, 0.1) is 0 Å². The molecular weight excluding hydrogens is 190 g/mol. The van der Waals surface area contributed by atoms with Gasteiger partial charge in [-0.25, -0.2) is 4.90 Å². The lowest BCUT2D eigenvalue weighted by atomic mass is 9.86. The molecule has 0 saturated carbocycles. The molecule has 0 atom stereocenters. The van der Waals surface area contributed by atoms with E-state index in [1.807, 2.05) is 38.1 Å². The predicted octanol–water partition coefficient (Wildman–Crippen LogP) is 1.86. The summed E-state index contributed by atoms with van der Waals surface area (Å²) < 4.78 is 0. The normalized spacial score (nSPS) is 17.8. The van der Waals surface area contributed by atoms with Gasteiger partial charge in [-0.05, 0) is 25.5 Å². The number of carbonyl (C=O) groups is 2. The van der Waals surface area contributed by atoms with Crippen LogP contribution >= 0.6 is 0 Å². The summed E-state index contributed by atoms with van der Waals surface area (Å²) in [5.41, 5.74) is 1.05. The number of para-hydroxylation sites is 1. The third-order valence-electron chi connectivity index (χ3n) is 2.87.